The first-order chi connectivity index (χ1) is 9.44. The van der Waals surface area contributed by atoms with Crippen LogP contribution in [0.1, 0.15) is 12.8 Å². The molecule has 0 radical (unpaired) electrons. The van der Waals surface area contributed by atoms with Crippen LogP contribution in [0.25, 0.3) is 0 Å². The minimum Gasteiger partial charge on any atom is -0.315 e. The van der Waals surface area contributed by atoms with Gasteiger partial charge in [0.2, 0.25) is 5.03 Å². The standard InChI is InChI=1S/C11H16N4O4S/c1-14(9-4-2-6-12-8-9)20(18,19)11-10(15(16)17)5-3-7-13-11/h3,5,7,9,12H,2,4,6,8H2,1H3/t9-/m1/s1. The molecule has 1 aliphatic heterocycles. The Morgan fingerprint density at radius 1 is 1.55 bits per heavy atom. The molecule has 0 unspecified atom stereocenters. The van der Waals surface area contributed by atoms with E-state index in [4.69, 9.17) is 0 Å². The molecule has 2 rings (SSSR count). The highest BCUT2D eigenvalue weighted by atomic mass is 32.2. The predicted molar refractivity (Wildman–Crippen MR) is 71.7 cm³/mol. The fourth-order valence-electron chi connectivity index (χ4n) is 2.20. The Labute approximate surface area is 117 Å². The summed E-state index contributed by atoms with van der Waals surface area (Å²) in [6, 6.07) is 2.28. The van der Waals surface area contributed by atoms with Crippen molar-refractivity contribution in [1.29, 1.82) is 0 Å². The minimum atomic E-state index is -3.97. The van der Waals surface area contributed by atoms with E-state index in [9.17, 15) is 18.5 Å². The van der Waals surface area contributed by atoms with Crippen LogP contribution >= 0.6 is 0 Å². The second kappa shape index (κ2) is 5.81. The maximum absolute atomic E-state index is 12.5. The third kappa shape index (κ3) is 2.79. The molecule has 0 amide bonds. The van der Waals surface area contributed by atoms with Gasteiger partial charge >= 0.3 is 5.69 Å². The predicted octanol–water partition coefficient (Wildman–Crippen LogP) is 0.362. The largest absolute Gasteiger partial charge is 0.315 e. The van der Waals surface area contributed by atoms with Gasteiger partial charge in [0, 0.05) is 31.9 Å². The number of rotatable bonds is 4. The average molecular weight is 300 g/mol. The van der Waals surface area contributed by atoms with E-state index < -0.39 is 25.7 Å². The summed E-state index contributed by atoms with van der Waals surface area (Å²) in [4.78, 5) is 13.9. The molecule has 1 aromatic heterocycles. The fourth-order valence-corrected chi connectivity index (χ4v) is 3.64. The highest BCUT2D eigenvalue weighted by molar-refractivity contribution is 7.89. The Bertz CT molecular complexity index is 598. The van der Waals surface area contributed by atoms with Crippen molar-refractivity contribution in [2.24, 2.45) is 0 Å². The zero-order chi connectivity index (χ0) is 14.8. The van der Waals surface area contributed by atoms with Gasteiger partial charge in [-0.25, -0.2) is 13.4 Å². The van der Waals surface area contributed by atoms with Crippen molar-refractivity contribution in [2.75, 3.05) is 20.1 Å². The highest BCUT2D eigenvalue weighted by Gasteiger charge is 2.35. The van der Waals surface area contributed by atoms with Crippen molar-refractivity contribution in [1.82, 2.24) is 14.6 Å². The molecule has 110 valence electrons. The number of likely N-dealkylation sites (N-methyl/N-ethyl adjacent to an activating group) is 1. The molecule has 1 aliphatic rings. The zero-order valence-electron chi connectivity index (χ0n) is 11.0. The number of piperidine rings is 1. The topological polar surface area (TPSA) is 105 Å². The molecule has 0 saturated carbocycles. The van der Waals surface area contributed by atoms with E-state index in [0.717, 1.165) is 25.5 Å². The summed E-state index contributed by atoms with van der Waals surface area (Å²) in [7, 11) is -2.54. The third-order valence-corrected chi connectivity index (χ3v) is 5.22. The first kappa shape index (κ1) is 14.8. The first-order valence-corrected chi connectivity index (χ1v) is 7.67. The van der Waals surface area contributed by atoms with E-state index in [1.54, 1.807) is 0 Å². The third-order valence-electron chi connectivity index (χ3n) is 3.36. The molecule has 1 N–H and O–H groups in total. The van der Waals surface area contributed by atoms with Crippen LogP contribution in [-0.4, -0.2) is 48.8 Å². The van der Waals surface area contributed by atoms with Gasteiger partial charge in [-0.3, -0.25) is 10.1 Å². The Morgan fingerprint density at radius 2 is 2.30 bits per heavy atom. The van der Waals surface area contributed by atoms with Crippen LogP contribution in [0, 0.1) is 10.1 Å². The lowest BCUT2D eigenvalue weighted by molar-refractivity contribution is -0.388. The van der Waals surface area contributed by atoms with Crippen LogP contribution < -0.4 is 5.32 Å². The molecular formula is C11H16N4O4S. The van der Waals surface area contributed by atoms with E-state index in [1.807, 2.05) is 0 Å². The van der Waals surface area contributed by atoms with E-state index >= 15 is 0 Å². The van der Waals surface area contributed by atoms with E-state index in [1.165, 1.54) is 23.6 Å². The molecule has 1 aromatic rings. The summed E-state index contributed by atoms with van der Waals surface area (Å²) in [5, 5.41) is 13.6. The monoisotopic (exact) mass is 300 g/mol. The number of nitrogens with zero attached hydrogens (tertiary/aromatic N) is 3. The summed E-state index contributed by atoms with van der Waals surface area (Å²) in [5.41, 5.74) is -0.497. The van der Waals surface area contributed by atoms with Crippen LogP contribution in [-0.2, 0) is 10.0 Å². The van der Waals surface area contributed by atoms with Gasteiger partial charge in [-0.05, 0) is 25.5 Å². The highest BCUT2D eigenvalue weighted by Crippen LogP contribution is 2.25. The van der Waals surface area contributed by atoms with E-state index in [2.05, 4.69) is 10.3 Å². The number of nitrogens with one attached hydrogen (secondary N) is 1. The Hall–Kier alpha value is -1.58. The van der Waals surface area contributed by atoms with Crippen LogP contribution in [0.15, 0.2) is 23.4 Å². The Kier molecular flexibility index (Phi) is 4.31. The van der Waals surface area contributed by atoms with Gasteiger partial charge in [-0.1, -0.05) is 0 Å². The van der Waals surface area contributed by atoms with Gasteiger partial charge in [0.05, 0.1) is 4.92 Å². The van der Waals surface area contributed by atoms with Crippen molar-refractivity contribution < 1.29 is 13.3 Å². The van der Waals surface area contributed by atoms with E-state index in [-0.39, 0.29) is 6.04 Å². The Morgan fingerprint density at radius 3 is 2.90 bits per heavy atom. The maximum atomic E-state index is 12.5. The van der Waals surface area contributed by atoms with Gasteiger partial charge in [0.15, 0.2) is 0 Å². The number of hydrogen-bond acceptors (Lipinski definition) is 6. The molecular weight excluding hydrogens is 284 g/mol. The minimum absolute atomic E-state index is 0.213. The molecule has 0 aromatic carbocycles. The van der Waals surface area contributed by atoms with Crippen molar-refractivity contribution in [3.63, 3.8) is 0 Å². The summed E-state index contributed by atoms with van der Waals surface area (Å²) in [6.45, 7) is 1.39. The molecule has 1 saturated heterocycles. The Balaban J connectivity index is 2.37. The summed E-state index contributed by atoms with van der Waals surface area (Å²) in [5.74, 6) is 0. The molecule has 0 bridgehead atoms. The van der Waals surface area contributed by atoms with E-state index in [0.29, 0.717) is 6.54 Å². The molecule has 9 heteroatoms. The number of pyridine rings is 1. The lowest BCUT2D eigenvalue weighted by Crippen LogP contribution is -2.46. The lowest BCUT2D eigenvalue weighted by Gasteiger charge is -2.30. The van der Waals surface area contributed by atoms with Gasteiger partial charge in [-0.2, -0.15) is 4.31 Å². The molecule has 2 heterocycles. The summed E-state index contributed by atoms with van der Waals surface area (Å²) >= 11 is 0. The molecule has 1 fully saturated rings. The SMILES string of the molecule is CN([C@@H]1CCCNC1)S(=O)(=O)c1ncccc1[N+](=O)[O-]. The molecule has 8 nitrogen and oxygen atoms in total. The number of aromatic nitrogens is 1. The van der Waals surface area contributed by atoms with Crippen LogP contribution in [0.3, 0.4) is 0 Å². The van der Waals surface area contributed by atoms with Gasteiger partial charge in [0.25, 0.3) is 10.0 Å². The molecule has 0 spiro atoms. The average Bonchev–Trinajstić information content (AvgIpc) is 2.47. The second-order valence-corrected chi connectivity index (χ2v) is 6.52. The summed E-state index contributed by atoms with van der Waals surface area (Å²) < 4.78 is 26.2. The fraction of sp³-hybridized carbons (Fsp3) is 0.545. The second-order valence-electron chi connectivity index (χ2n) is 4.61. The van der Waals surface area contributed by atoms with Crippen LogP contribution in [0.4, 0.5) is 5.69 Å². The normalized spacial score (nSPS) is 20.0. The van der Waals surface area contributed by atoms with Crippen LogP contribution in [0.5, 0.6) is 0 Å². The molecule has 1 atom stereocenters. The zero-order valence-corrected chi connectivity index (χ0v) is 11.8. The first-order valence-electron chi connectivity index (χ1n) is 6.22. The smallest absolute Gasteiger partial charge is 0.308 e. The van der Waals surface area contributed by atoms with Crippen molar-refractivity contribution in [2.45, 2.75) is 23.9 Å². The van der Waals surface area contributed by atoms with Crippen molar-refractivity contribution >= 4 is 15.7 Å². The molecule has 20 heavy (non-hydrogen) atoms. The number of sulfonamides is 1. The lowest BCUT2D eigenvalue weighted by atomic mass is 10.1. The molecule has 0 aliphatic carbocycles. The van der Waals surface area contributed by atoms with Crippen LogP contribution in [0.2, 0.25) is 0 Å². The quantitative estimate of drug-likeness (QED) is 0.636. The maximum Gasteiger partial charge on any atom is 0.308 e. The van der Waals surface area contributed by atoms with Gasteiger partial charge < -0.3 is 5.32 Å². The summed E-state index contributed by atoms with van der Waals surface area (Å²) in [6.07, 6.45) is 2.84. The van der Waals surface area contributed by atoms with Gasteiger partial charge in [0.1, 0.15) is 0 Å². The number of nitro groups is 1. The van der Waals surface area contributed by atoms with Crippen molar-refractivity contribution in [3.8, 4) is 0 Å². The number of hydrogen-bond donors (Lipinski definition) is 1. The van der Waals surface area contributed by atoms with Gasteiger partial charge in [-0.15, -0.1) is 0 Å². The van der Waals surface area contributed by atoms with Crippen molar-refractivity contribution in [3.05, 3.63) is 28.4 Å².